The molecule has 2 aromatic rings. The Morgan fingerprint density at radius 3 is 2.48 bits per heavy atom. The molecule has 0 aromatic heterocycles. The molecule has 3 rings (SSSR count). The molecule has 2 aromatic carbocycles. The van der Waals surface area contributed by atoms with Crippen LogP contribution in [0.25, 0.3) is 6.08 Å². The van der Waals surface area contributed by atoms with Crippen LogP contribution in [-0.4, -0.2) is 45.7 Å². The molecule has 1 aliphatic heterocycles. The Hall–Kier alpha value is -3.11. The zero-order valence-electron chi connectivity index (χ0n) is 16.6. The Balaban J connectivity index is 1.45. The summed E-state index contributed by atoms with van der Waals surface area (Å²) in [6, 6.07) is 13.5. The van der Waals surface area contributed by atoms with E-state index in [1.807, 2.05) is 31.2 Å². The molecule has 1 N–H and O–H groups in total. The Morgan fingerprint density at radius 1 is 1.16 bits per heavy atom. The van der Waals surface area contributed by atoms with Gasteiger partial charge in [0.05, 0.1) is 15.6 Å². The number of non-ortho nitro benzene ring substituents is 1. The van der Waals surface area contributed by atoms with E-state index < -0.39 is 4.92 Å². The number of carbonyl (C=O) groups excluding carboxylic acids is 3. The van der Waals surface area contributed by atoms with Crippen molar-refractivity contribution in [3.05, 3.63) is 74.7 Å². The van der Waals surface area contributed by atoms with Crippen LogP contribution in [-0.2, 0) is 9.59 Å². The van der Waals surface area contributed by atoms with Gasteiger partial charge in [0.1, 0.15) is 0 Å². The van der Waals surface area contributed by atoms with Gasteiger partial charge in [-0.05, 0) is 42.5 Å². The largest absolute Gasteiger partial charge is 0.354 e. The molecule has 0 saturated carbocycles. The third-order valence-electron chi connectivity index (χ3n) is 4.32. The van der Waals surface area contributed by atoms with Gasteiger partial charge in [0, 0.05) is 30.1 Å². The average molecular weight is 458 g/mol. The minimum absolute atomic E-state index is 0.0117. The van der Waals surface area contributed by atoms with Gasteiger partial charge in [0.25, 0.3) is 16.8 Å². The lowest BCUT2D eigenvalue weighted by Crippen LogP contribution is -2.37. The van der Waals surface area contributed by atoms with Crippen molar-refractivity contribution in [1.29, 1.82) is 0 Å². The molecule has 0 radical (unpaired) electrons. The summed E-state index contributed by atoms with van der Waals surface area (Å²) in [5.41, 5.74) is 1.93. The van der Waals surface area contributed by atoms with Crippen LogP contribution >= 0.6 is 23.5 Å². The van der Waals surface area contributed by atoms with Gasteiger partial charge >= 0.3 is 0 Å². The first-order chi connectivity index (χ1) is 14.8. The molecule has 31 heavy (non-hydrogen) atoms. The smallest absolute Gasteiger partial charge is 0.293 e. The number of nitro groups is 1. The molecule has 0 aliphatic carbocycles. The number of aryl methyl sites for hydroxylation is 1. The maximum Gasteiger partial charge on any atom is 0.293 e. The van der Waals surface area contributed by atoms with Crippen LogP contribution in [0.1, 0.15) is 11.1 Å². The molecule has 160 valence electrons. The molecular formula is C21H19N3O5S2. The molecule has 0 unspecified atom stereocenters. The summed E-state index contributed by atoms with van der Waals surface area (Å²) in [4.78, 5) is 49.1. The second-order valence-corrected chi connectivity index (χ2v) is 8.68. The molecule has 1 saturated heterocycles. The number of nitrogens with one attached hydrogen (secondary N) is 1. The molecule has 1 heterocycles. The van der Waals surface area contributed by atoms with Crippen molar-refractivity contribution in [2.45, 2.75) is 11.8 Å². The molecule has 0 spiro atoms. The van der Waals surface area contributed by atoms with E-state index in [4.69, 9.17) is 0 Å². The van der Waals surface area contributed by atoms with Gasteiger partial charge in [-0.15, -0.1) is 11.8 Å². The predicted molar refractivity (Wildman–Crippen MR) is 121 cm³/mol. The van der Waals surface area contributed by atoms with Crippen LogP contribution < -0.4 is 5.32 Å². The SMILES string of the molecule is Cc1ccc(/C=C2\SC(=O)N(CCNC(=O)CSc3ccc([N+](=O)[O-])cc3)C2=O)cc1. The third-order valence-corrected chi connectivity index (χ3v) is 6.24. The van der Waals surface area contributed by atoms with Crippen molar-refractivity contribution in [2.75, 3.05) is 18.8 Å². The molecule has 1 fully saturated rings. The molecule has 0 bridgehead atoms. The summed E-state index contributed by atoms with van der Waals surface area (Å²) >= 11 is 2.12. The maximum atomic E-state index is 12.5. The van der Waals surface area contributed by atoms with Crippen molar-refractivity contribution >= 4 is 52.3 Å². The Kier molecular flexibility index (Phi) is 7.48. The topological polar surface area (TPSA) is 110 Å². The fraction of sp³-hybridized carbons (Fsp3) is 0.190. The molecule has 0 atom stereocenters. The fourth-order valence-electron chi connectivity index (χ4n) is 2.68. The maximum absolute atomic E-state index is 12.5. The lowest BCUT2D eigenvalue weighted by molar-refractivity contribution is -0.384. The lowest BCUT2D eigenvalue weighted by Gasteiger charge is -2.13. The van der Waals surface area contributed by atoms with Crippen LogP contribution in [0, 0.1) is 17.0 Å². The first-order valence-corrected chi connectivity index (χ1v) is 11.1. The monoisotopic (exact) mass is 457 g/mol. The summed E-state index contributed by atoms with van der Waals surface area (Å²) in [5, 5.41) is 13.0. The van der Waals surface area contributed by atoms with Gasteiger partial charge in [-0.1, -0.05) is 29.8 Å². The average Bonchev–Trinajstić information content (AvgIpc) is 3.01. The van der Waals surface area contributed by atoms with Gasteiger partial charge in [0.2, 0.25) is 5.91 Å². The number of imide groups is 1. The van der Waals surface area contributed by atoms with Gasteiger partial charge in [-0.25, -0.2) is 0 Å². The first-order valence-electron chi connectivity index (χ1n) is 9.29. The molecular weight excluding hydrogens is 438 g/mol. The molecule has 1 aliphatic rings. The van der Waals surface area contributed by atoms with E-state index >= 15 is 0 Å². The zero-order valence-corrected chi connectivity index (χ0v) is 18.2. The summed E-state index contributed by atoms with van der Waals surface area (Å²) in [6.45, 7) is 2.20. The number of amides is 3. The highest BCUT2D eigenvalue weighted by Crippen LogP contribution is 2.31. The summed E-state index contributed by atoms with van der Waals surface area (Å²) < 4.78 is 0. The van der Waals surface area contributed by atoms with E-state index in [2.05, 4.69) is 5.32 Å². The van der Waals surface area contributed by atoms with Crippen LogP contribution in [0.15, 0.2) is 58.3 Å². The van der Waals surface area contributed by atoms with Gasteiger partial charge in [-0.2, -0.15) is 0 Å². The highest BCUT2D eigenvalue weighted by atomic mass is 32.2. The Bertz CT molecular complexity index is 1040. The van der Waals surface area contributed by atoms with Crippen LogP contribution in [0.5, 0.6) is 0 Å². The summed E-state index contributed by atoms with van der Waals surface area (Å²) in [7, 11) is 0. The third kappa shape index (κ3) is 6.19. The minimum atomic E-state index is -0.484. The van der Waals surface area contributed by atoms with Gasteiger partial charge in [-0.3, -0.25) is 29.4 Å². The van der Waals surface area contributed by atoms with Crippen molar-refractivity contribution in [3.8, 4) is 0 Å². The second kappa shape index (κ2) is 10.3. The Morgan fingerprint density at radius 2 is 1.84 bits per heavy atom. The number of carbonyl (C=O) groups is 3. The molecule has 10 heteroatoms. The van der Waals surface area contributed by atoms with E-state index in [9.17, 15) is 24.5 Å². The highest BCUT2D eigenvalue weighted by molar-refractivity contribution is 8.18. The van der Waals surface area contributed by atoms with Crippen LogP contribution in [0.2, 0.25) is 0 Å². The van der Waals surface area contributed by atoms with E-state index in [1.54, 1.807) is 18.2 Å². The van der Waals surface area contributed by atoms with Gasteiger partial charge < -0.3 is 5.32 Å². The zero-order chi connectivity index (χ0) is 22.4. The number of hydrogen-bond donors (Lipinski definition) is 1. The van der Waals surface area contributed by atoms with Crippen molar-refractivity contribution in [3.63, 3.8) is 0 Å². The summed E-state index contributed by atoms with van der Waals surface area (Å²) in [6.07, 6.45) is 1.68. The standard InChI is InChI=1S/C21H19N3O5S2/c1-14-2-4-15(5-3-14)12-18-20(26)23(21(27)31-18)11-10-22-19(25)13-30-17-8-6-16(7-9-17)24(28)29/h2-9,12H,10-11,13H2,1H3,(H,22,25)/b18-12-. The van der Waals surface area contributed by atoms with Crippen LogP contribution in [0.4, 0.5) is 10.5 Å². The van der Waals surface area contributed by atoms with E-state index in [0.717, 1.165) is 32.7 Å². The van der Waals surface area contributed by atoms with Crippen molar-refractivity contribution in [1.82, 2.24) is 10.2 Å². The second-order valence-electron chi connectivity index (χ2n) is 6.63. The van der Waals surface area contributed by atoms with E-state index in [1.165, 1.54) is 23.9 Å². The fourth-order valence-corrected chi connectivity index (χ4v) is 4.27. The Labute approximate surface area is 187 Å². The van der Waals surface area contributed by atoms with E-state index in [-0.39, 0.29) is 41.6 Å². The van der Waals surface area contributed by atoms with Gasteiger partial charge in [0.15, 0.2) is 0 Å². The number of nitrogens with zero attached hydrogens (tertiary/aromatic N) is 2. The number of nitro benzene ring substituents is 1. The number of hydrogen-bond acceptors (Lipinski definition) is 7. The number of rotatable bonds is 8. The van der Waals surface area contributed by atoms with Crippen LogP contribution in [0.3, 0.4) is 0 Å². The first kappa shape index (κ1) is 22.6. The van der Waals surface area contributed by atoms with Crippen molar-refractivity contribution < 1.29 is 19.3 Å². The van der Waals surface area contributed by atoms with Crippen molar-refractivity contribution in [2.24, 2.45) is 0 Å². The molecule has 8 nitrogen and oxygen atoms in total. The summed E-state index contributed by atoms with van der Waals surface area (Å²) in [5.74, 6) is -0.511. The highest BCUT2D eigenvalue weighted by Gasteiger charge is 2.34. The van der Waals surface area contributed by atoms with E-state index in [0.29, 0.717) is 4.91 Å². The minimum Gasteiger partial charge on any atom is -0.354 e. The number of benzene rings is 2. The number of thioether (sulfide) groups is 2. The predicted octanol–water partition coefficient (Wildman–Crippen LogP) is 3.85. The quantitative estimate of drug-likeness (QED) is 0.277. The normalized spacial score (nSPS) is 14.9. The lowest BCUT2D eigenvalue weighted by atomic mass is 10.1. The molecule has 3 amide bonds.